The van der Waals surface area contributed by atoms with Crippen molar-refractivity contribution in [3.8, 4) is 0 Å². The highest BCUT2D eigenvalue weighted by Gasteiger charge is 2.32. The number of hydrogen-bond donors (Lipinski definition) is 0. The number of carbonyl (C=O) groups is 1. The highest BCUT2D eigenvalue weighted by atomic mass is 127. The van der Waals surface area contributed by atoms with Crippen LogP contribution in [0, 0.1) is 3.57 Å². The van der Waals surface area contributed by atoms with Gasteiger partial charge in [-0.15, -0.1) is 0 Å². The number of hydrogen-bond acceptors (Lipinski definition) is 1. The van der Waals surface area contributed by atoms with Crippen LogP contribution in [0.4, 0.5) is 0 Å². The van der Waals surface area contributed by atoms with Crippen molar-refractivity contribution in [1.82, 2.24) is 4.90 Å². The maximum absolute atomic E-state index is 12.5. The Bertz CT molecular complexity index is 431. The lowest BCUT2D eigenvalue weighted by atomic mass is 10.2. The first-order chi connectivity index (χ1) is 8.13. The van der Waals surface area contributed by atoms with Crippen LogP contribution in [0.3, 0.4) is 0 Å². The Labute approximate surface area is 124 Å². The zero-order valence-electron chi connectivity index (χ0n) is 9.75. The predicted molar refractivity (Wildman–Crippen MR) is 81.2 cm³/mol. The molecule has 1 aromatic carbocycles. The Kier molecular flexibility index (Phi) is 4.47. The van der Waals surface area contributed by atoms with Gasteiger partial charge in [0.25, 0.3) is 5.91 Å². The molecule has 0 N–H and O–H groups in total. The third-order valence-electron chi connectivity index (χ3n) is 2.87. The van der Waals surface area contributed by atoms with Crippen molar-refractivity contribution in [2.75, 3.05) is 6.54 Å². The molecule has 0 atom stereocenters. The van der Waals surface area contributed by atoms with Gasteiger partial charge in [0, 0.05) is 20.6 Å². The number of carbonyl (C=O) groups excluding carboxylic acids is 1. The normalized spacial score (nSPS) is 14.8. The number of halogens is 2. The van der Waals surface area contributed by atoms with Gasteiger partial charge in [-0.2, -0.15) is 0 Å². The second-order valence-electron chi connectivity index (χ2n) is 4.35. The summed E-state index contributed by atoms with van der Waals surface area (Å²) in [4.78, 5) is 14.5. The van der Waals surface area contributed by atoms with Crippen molar-refractivity contribution in [2.45, 2.75) is 32.2 Å². The van der Waals surface area contributed by atoms with E-state index in [1.54, 1.807) is 0 Å². The van der Waals surface area contributed by atoms with Gasteiger partial charge in [0.05, 0.1) is 5.56 Å². The van der Waals surface area contributed by atoms with Crippen LogP contribution in [0.5, 0.6) is 0 Å². The molecule has 0 heterocycles. The maximum Gasteiger partial charge on any atom is 0.255 e. The van der Waals surface area contributed by atoms with Crippen LogP contribution in [0.25, 0.3) is 0 Å². The summed E-state index contributed by atoms with van der Waals surface area (Å²) < 4.78 is 1.99. The molecule has 0 aromatic heterocycles. The minimum Gasteiger partial charge on any atom is -0.336 e. The molecule has 0 spiro atoms. The number of nitrogens with zero attached hydrogens (tertiary/aromatic N) is 1. The Balaban J connectivity index is 2.24. The molecule has 0 aliphatic heterocycles. The Morgan fingerprint density at radius 2 is 2.24 bits per heavy atom. The van der Waals surface area contributed by atoms with E-state index < -0.39 is 0 Å². The highest BCUT2D eigenvalue weighted by Crippen LogP contribution is 2.30. The molecule has 0 saturated heterocycles. The molecule has 4 heteroatoms. The molecule has 0 radical (unpaired) electrons. The molecule has 92 valence electrons. The molecule has 2 nitrogen and oxygen atoms in total. The van der Waals surface area contributed by atoms with Crippen molar-refractivity contribution in [3.63, 3.8) is 0 Å². The number of rotatable bonds is 4. The maximum atomic E-state index is 12.5. The second-order valence-corrected chi connectivity index (χ2v) is 6.45. The quantitative estimate of drug-likeness (QED) is 0.689. The summed E-state index contributed by atoms with van der Waals surface area (Å²) in [6.45, 7) is 2.98. The van der Waals surface area contributed by atoms with Gasteiger partial charge >= 0.3 is 0 Å². The standard InChI is InChI=1S/C13H15BrINO/c1-2-7-16(10-4-5-10)13(17)11-8-9(15)3-6-12(11)14/h3,6,8,10H,2,4-5,7H2,1H3. The number of amides is 1. The topological polar surface area (TPSA) is 20.3 Å². The van der Waals surface area contributed by atoms with Gasteiger partial charge in [-0.25, -0.2) is 0 Å². The minimum atomic E-state index is 0.166. The second kappa shape index (κ2) is 5.69. The van der Waals surface area contributed by atoms with E-state index in [1.165, 1.54) is 0 Å². The summed E-state index contributed by atoms with van der Waals surface area (Å²) >= 11 is 5.71. The van der Waals surface area contributed by atoms with E-state index in [9.17, 15) is 4.79 Å². The lowest BCUT2D eigenvalue weighted by Gasteiger charge is -2.22. The largest absolute Gasteiger partial charge is 0.336 e. The lowest BCUT2D eigenvalue weighted by Crippen LogP contribution is -2.34. The van der Waals surface area contributed by atoms with E-state index in [4.69, 9.17) is 0 Å². The summed E-state index contributed by atoms with van der Waals surface area (Å²) in [5.74, 6) is 0.166. The fourth-order valence-electron chi connectivity index (χ4n) is 1.89. The molecule has 0 bridgehead atoms. The average Bonchev–Trinajstić information content (AvgIpc) is 3.12. The first-order valence-electron chi connectivity index (χ1n) is 5.89. The SMILES string of the molecule is CCCN(C(=O)c1cc(I)ccc1Br)C1CC1. The molecular weight excluding hydrogens is 393 g/mol. The van der Waals surface area contributed by atoms with Crippen molar-refractivity contribution in [1.29, 1.82) is 0 Å². The Morgan fingerprint density at radius 3 is 2.82 bits per heavy atom. The summed E-state index contributed by atoms with van der Waals surface area (Å²) in [6, 6.07) is 6.39. The van der Waals surface area contributed by atoms with Crippen molar-refractivity contribution < 1.29 is 4.79 Å². The van der Waals surface area contributed by atoms with E-state index >= 15 is 0 Å². The van der Waals surface area contributed by atoms with Gasteiger partial charge in [0.15, 0.2) is 0 Å². The molecule has 17 heavy (non-hydrogen) atoms. The molecule has 1 aliphatic carbocycles. The Hall–Kier alpha value is -0.100. The highest BCUT2D eigenvalue weighted by molar-refractivity contribution is 14.1. The van der Waals surface area contributed by atoms with Crippen LogP contribution in [0.2, 0.25) is 0 Å². The summed E-state index contributed by atoms with van der Waals surface area (Å²) in [5, 5.41) is 0. The summed E-state index contributed by atoms with van der Waals surface area (Å²) in [5.41, 5.74) is 0.789. The monoisotopic (exact) mass is 407 g/mol. The van der Waals surface area contributed by atoms with E-state index in [0.717, 1.165) is 39.4 Å². The van der Waals surface area contributed by atoms with E-state index in [1.807, 2.05) is 23.1 Å². The summed E-state index contributed by atoms with van der Waals surface area (Å²) in [7, 11) is 0. The molecule has 1 amide bonds. The van der Waals surface area contributed by atoms with Crippen LogP contribution in [0.15, 0.2) is 22.7 Å². The molecule has 1 aromatic rings. The van der Waals surface area contributed by atoms with Crippen molar-refractivity contribution >= 4 is 44.4 Å². The third-order valence-corrected chi connectivity index (χ3v) is 4.23. The average molecular weight is 408 g/mol. The van der Waals surface area contributed by atoms with Crippen molar-refractivity contribution in [3.05, 3.63) is 31.8 Å². The predicted octanol–water partition coefficient (Wildman–Crippen LogP) is 4.07. The summed E-state index contributed by atoms with van der Waals surface area (Å²) in [6.07, 6.45) is 3.34. The zero-order valence-corrected chi connectivity index (χ0v) is 13.5. The first-order valence-corrected chi connectivity index (χ1v) is 7.76. The van der Waals surface area contributed by atoms with Gasteiger partial charge in [-0.05, 0) is 76.0 Å². The third kappa shape index (κ3) is 3.22. The van der Waals surface area contributed by atoms with Crippen LogP contribution >= 0.6 is 38.5 Å². The van der Waals surface area contributed by atoms with E-state index in [0.29, 0.717) is 6.04 Å². The van der Waals surface area contributed by atoms with Gasteiger partial charge in [0.2, 0.25) is 0 Å². The molecule has 1 aliphatic rings. The van der Waals surface area contributed by atoms with Crippen LogP contribution in [0.1, 0.15) is 36.5 Å². The van der Waals surface area contributed by atoms with Crippen LogP contribution in [-0.2, 0) is 0 Å². The van der Waals surface area contributed by atoms with Crippen LogP contribution < -0.4 is 0 Å². The fraction of sp³-hybridized carbons (Fsp3) is 0.462. The smallest absolute Gasteiger partial charge is 0.255 e. The van der Waals surface area contributed by atoms with E-state index in [-0.39, 0.29) is 5.91 Å². The molecular formula is C13H15BrINO. The van der Waals surface area contributed by atoms with Gasteiger partial charge in [-0.3, -0.25) is 4.79 Å². The molecule has 0 unspecified atom stereocenters. The minimum absolute atomic E-state index is 0.166. The first kappa shape index (κ1) is 13.3. The molecule has 2 rings (SSSR count). The Morgan fingerprint density at radius 1 is 1.53 bits per heavy atom. The van der Waals surface area contributed by atoms with Gasteiger partial charge in [-0.1, -0.05) is 6.92 Å². The van der Waals surface area contributed by atoms with Gasteiger partial charge < -0.3 is 4.90 Å². The molecule has 1 saturated carbocycles. The lowest BCUT2D eigenvalue weighted by molar-refractivity contribution is 0.0742. The fourth-order valence-corrected chi connectivity index (χ4v) is 2.80. The van der Waals surface area contributed by atoms with Gasteiger partial charge in [0.1, 0.15) is 0 Å². The van der Waals surface area contributed by atoms with Crippen LogP contribution in [-0.4, -0.2) is 23.4 Å². The van der Waals surface area contributed by atoms with Crippen molar-refractivity contribution in [2.24, 2.45) is 0 Å². The zero-order chi connectivity index (χ0) is 12.4. The molecule has 1 fully saturated rings. The number of benzene rings is 1. The van der Waals surface area contributed by atoms with E-state index in [2.05, 4.69) is 45.4 Å².